The SMILES string of the molecule is Cc1cc(Cl)ccc1Oc1cc(Br)ccc1CC(C)N. The molecule has 2 rings (SSSR count). The summed E-state index contributed by atoms with van der Waals surface area (Å²) in [5, 5.41) is 0.708. The lowest BCUT2D eigenvalue weighted by molar-refractivity contribution is 0.470. The number of hydrogen-bond acceptors (Lipinski definition) is 2. The molecule has 0 aliphatic rings. The van der Waals surface area contributed by atoms with Crippen LogP contribution < -0.4 is 10.5 Å². The molecule has 0 spiro atoms. The molecule has 2 nitrogen and oxygen atoms in total. The largest absolute Gasteiger partial charge is 0.457 e. The van der Waals surface area contributed by atoms with Crippen molar-refractivity contribution in [3.63, 3.8) is 0 Å². The van der Waals surface area contributed by atoms with Crippen LogP contribution in [0.5, 0.6) is 11.5 Å². The summed E-state index contributed by atoms with van der Waals surface area (Å²) in [5.74, 6) is 1.63. The van der Waals surface area contributed by atoms with E-state index in [1.54, 1.807) is 0 Å². The van der Waals surface area contributed by atoms with E-state index in [1.165, 1.54) is 0 Å². The van der Waals surface area contributed by atoms with Crippen LogP contribution in [0.1, 0.15) is 18.1 Å². The molecule has 20 heavy (non-hydrogen) atoms. The van der Waals surface area contributed by atoms with Gasteiger partial charge in [0, 0.05) is 15.5 Å². The van der Waals surface area contributed by atoms with Crippen LogP contribution in [0.2, 0.25) is 5.02 Å². The second-order valence-electron chi connectivity index (χ2n) is 4.95. The molecule has 106 valence electrons. The lowest BCUT2D eigenvalue weighted by atomic mass is 10.1. The topological polar surface area (TPSA) is 35.2 Å². The minimum Gasteiger partial charge on any atom is -0.457 e. The smallest absolute Gasteiger partial charge is 0.131 e. The molecule has 0 aliphatic carbocycles. The van der Waals surface area contributed by atoms with E-state index >= 15 is 0 Å². The highest BCUT2D eigenvalue weighted by Crippen LogP contribution is 2.32. The van der Waals surface area contributed by atoms with E-state index in [0.29, 0.717) is 5.02 Å². The fourth-order valence-corrected chi connectivity index (χ4v) is 2.55. The predicted octanol–water partition coefficient (Wildman–Crippen LogP) is 5.09. The Morgan fingerprint density at radius 1 is 1.20 bits per heavy atom. The number of aryl methyl sites for hydroxylation is 1. The van der Waals surface area contributed by atoms with E-state index in [0.717, 1.165) is 33.5 Å². The number of halogens is 2. The van der Waals surface area contributed by atoms with Crippen LogP contribution in [0.15, 0.2) is 40.9 Å². The van der Waals surface area contributed by atoms with Gasteiger partial charge in [0.1, 0.15) is 11.5 Å². The molecule has 2 aromatic rings. The minimum absolute atomic E-state index is 0.0878. The zero-order valence-electron chi connectivity index (χ0n) is 11.5. The van der Waals surface area contributed by atoms with Crippen molar-refractivity contribution in [2.45, 2.75) is 26.3 Å². The molecule has 1 unspecified atom stereocenters. The Morgan fingerprint density at radius 2 is 1.95 bits per heavy atom. The Morgan fingerprint density at radius 3 is 2.60 bits per heavy atom. The first-order valence-electron chi connectivity index (χ1n) is 6.43. The van der Waals surface area contributed by atoms with E-state index in [2.05, 4.69) is 15.9 Å². The fraction of sp³-hybridized carbons (Fsp3) is 0.250. The average Bonchev–Trinajstić information content (AvgIpc) is 2.35. The molecule has 0 saturated heterocycles. The highest BCUT2D eigenvalue weighted by atomic mass is 79.9. The van der Waals surface area contributed by atoms with Gasteiger partial charge in [-0.1, -0.05) is 33.6 Å². The maximum Gasteiger partial charge on any atom is 0.131 e. The predicted molar refractivity (Wildman–Crippen MR) is 87.8 cm³/mol. The van der Waals surface area contributed by atoms with Gasteiger partial charge in [-0.2, -0.15) is 0 Å². The summed E-state index contributed by atoms with van der Waals surface area (Å²) < 4.78 is 7.01. The van der Waals surface area contributed by atoms with Gasteiger partial charge in [-0.15, -0.1) is 0 Å². The van der Waals surface area contributed by atoms with Gasteiger partial charge >= 0.3 is 0 Å². The van der Waals surface area contributed by atoms with Gasteiger partial charge in [0.05, 0.1) is 0 Å². The van der Waals surface area contributed by atoms with Gasteiger partial charge in [-0.3, -0.25) is 0 Å². The van der Waals surface area contributed by atoms with Gasteiger partial charge in [-0.05, 0) is 61.7 Å². The van der Waals surface area contributed by atoms with Crippen molar-refractivity contribution in [1.82, 2.24) is 0 Å². The second kappa shape index (κ2) is 6.61. The Balaban J connectivity index is 2.34. The quantitative estimate of drug-likeness (QED) is 0.829. The molecule has 0 saturated carbocycles. The summed E-state index contributed by atoms with van der Waals surface area (Å²) in [6, 6.07) is 11.7. The number of nitrogens with two attached hydrogens (primary N) is 1. The monoisotopic (exact) mass is 353 g/mol. The van der Waals surface area contributed by atoms with E-state index < -0.39 is 0 Å². The van der Waals surface area contributed by atoms with Crippen molar-refractivity contribution in [1.29, 1.82) is 0 Å². The van der Waals surface area contributed by atoms with Crippen LogP contribution in [-0.4, -0.2) is 6.04 Å². The molecule has 0 aromatic heterocycles. The Labute approximate surface area is 133 Å². The summed E-state index contributed by atoms with van der Waals surface area (Å²) in [6.07, 6.45) is 0.773. The van der Waals surface area contributed by atoms with Crippen LogP contribution in [0.25, 0.3) is 0 Å². The third-order valence-corrected chi connectivity index (χ3v) is 3.66. The van der Waals surface area contributed by atoms with Crippen molar-refractivity contribution in [3.8, 4) is 11.5 Å². The van der Waals surface area contributed by atoms with E-state index in [4.69, 9.17) is 22.1 Å². The maximum atomic E-state index is 6.03. The van der Waals surface area contributed by atoms with Crippen molar-refractivity contribution in [3.05, 3.63) is 57.0 Å². The van der Waals surface area contributed by atoms with E-state index in [9.17, 15) is 0 Å². The van der Waals surface area contributed by atoms with Crippen LogP contribution in [-0.2, 0) is 6.42 Å². The highest BCUT2D eigenvalue weighted by molar-refractivity contribution is 9.10. The summed E-state index contributed by atoms with van der Waals surface area (Å²) in [5.41, 5.74) is 7.99. The molecule has 2 aromatic carbocycles. The van der Waals surface area contributed by atoms with E-state index in [1.807, 2.05) is 50.2 Å². The number of ether oxygens (including phenoxy) is 1. The van der Waals surface area contributed by atoms with Crippen molar-refractivity contribution >= 4 is 27.5 Å². The zero-order valence-corrected chi connectivity index (χ0v) is 13.8. The second-order valence-corrected chi connectivity index (χ2v) is 6.30. The fourth-order valence-electron chi connectivity index (χ4n) is 1.98. The Kier molecular flexibility index (Phi) is 5.08. The molecule has 0 heterocycles. The number of benzene rings is 2. The number of rotatable bonds is 4. The minimum atomic E-state index is 0.0878. The number of hydrogen-bond donors (Lipinski definition) is 1. The van der Waals surface area contributed by atoms with Crippen LogP contribution in [0.3, 0.4) is 0 Å². The molecule has 0 bridgehead atoms. The lowest BCUT2D eigenvalue weighted by Gasteiger charge is -2.15. The van der Waals surface area contributed by atoms with Crippen molar-refractivity contribution in [2.24, 2.45) is 5.73 Å². The van der Waals surface area contributed by atoms with Crippen LogP contribution in [0, 0.1) is 6.92 Å². The van der Waals surface area contributed by atoms with E-state index in [-0.39, 0.29) is 6.04 Å². The average molecular weight is 355 g/mol. The van der Waals surface area contributed by atoms with Crippen LogP contribution >= 0.6 is 27.5 Å². The van der Waals surface area contributed by atoms with Crippen LogP contribution in [0.4, 0.5) is 0 Å². The van der Waals surface area contributed by atoms with Crippen molar-refractivity contribution in [2.75, 3.05) is 0 Å². The molecule has 4 heteroatoms. The summed E-state index contributed by atoms with van der Waals surface area (Å²) >= 11 is 9.44. The highest BCUT2D eigenvalue weighted by Gasteiger charge is 2.10. The molecule has 1 atom stereocenters. The maximum absolute atomic E-state index is 6.03. The van der Waals surface area contributed by atoms with Gasteiger partial charge < -0.3 is 10.5 Å². The molecule has 0 amide bonds. The Hall–Kier alpha value is -1.03. The van der Waals surface area contributed by atoms with Gasteiger partial charge in [0.15, 0.2) is 0 Å². The zero-order chi connectivity index (χ0) is 14.7. The standard InChI is InChI=1S/C16H17BrClNO/c1-10-7-14(18)5-6-15(10)20-16-9-13(17)4-3-12(16)8-11(2)19/h3-7,9,11H,8,19H2,1-2H3. The summed E-state index contributed by atoms with van der Waals surface area (Å²) in [4.78, 5) is 0. The molecule has 0 radical (unpaired) electrons. The molecule has 2 N–H and O–H groups in total. The third kappa shape index (κ3) is 3.98. The third-order valence-electron chi connectivity index (χ3n) is 2.93. The molecular weight excluding hydrogens is 338 g/mol. The Bertz CT molecular complexity index is 613. The van der Waals surface area contributed by atoms with Gasteiger partial charge in [0.25, 0.3) is 0 Å². The van der Waals surface area contributed by atoms with Gasteiger partial charge in [-0.25, -0.2) is 0 Å². The van der Waals surface area contributed by atoms with Gasteiger partial charge in [0.2, 0.25) is 0 Å². The van der Waals surface area contributed by atoms with Crippen molar-refractivity contribution < 1.29 is 4.74 Å². The summed E-state index contributed by atoms with van der Waals surface area (Å²) in [7, 11) is 0. The molecular formula is C16H17BrClNO. The lowest BCUT2D eigenvalue weighted by Crippen LogP contribution is -2.18. The first kappa shape index (κ1) is 15.4. The normalized spacial score (nSPS) is 12.2. The first-order valence-corrected chi connectivity index (χ1v) is 7.61. The first-order chi connectivity index (χ1) is 9.45. The molecule has 0 aliphatic heterocycles. The molecule has 0 fully saturated rings. The summed E-state index contributed by atoms with van der Waals surface area (Å²) in [6.45, 7) is 3.96.